The Morgan fingerprint density at radius 1 is 1.07 bits per heavy atom. The van der Waals surface area contributed by atoms with Crippen molar-refractivity contribution in [1.82, 2.24) is 9.29 Å². The standard InChI is InChI=1S/C34H37N3O5S/c1-4-41-32(38)20-27-22(2)7-5-10-30(27)42-31-21-34(14-17-37(18-15-34)43(3,39)40)29-12-11-23(19-28(29)31)24-8-6-9-26-25(24)13-16-36-33(26)35/h5-13,16,19,31H,4,14-15,17-18,20-21H2,1-3H3,(H2,35,36). The largest absolute Gasteiger partial charge is 0.485 e. The van der Waals surface area contributed by atoms with E-state index in [0.29, 0.717) is 44.1 Å². The zero-order chi connectivity index (χ0) is 30.4. The van der Waals surface area contributed by atoms with Gasteiger partial charge in [-0.05, 0) is 84.5 Å². The Kier molecular flexibility index (Phi) is 7.64. The number of benzene rings is 3. The van der Waals surface area contributed by atoms with Crippen LogP contribution in [0.1, 0.15) is 54.5 Å². The first-order valence-corrected chi connectivity index (χ1v) is 16.6. The van der Waals surface area contributed by atoms with Gasteiger partial charge in [-0.3, -0.25) is 4.79 Å². The summed E-state index contributed by atoms with van der Waals surface area (Å²) in [5, 5.41) is 1.93. The Bertz CT molecular complexity index is 1810. The summed E-state index contributed by atoms with van der Waals surface area (Å²) in [7, 11) is -3.26. The molecule has 3 aromatic carbocycles. The quantitative estimate of drug-likeness (QED) is 0.271. The molecular formula is C34H37N3O5S. The molecule has 1 aliphatic heterocycles. The number of aromatic nitrogens is 1. The highest BCUT2D eigenvalue weighted by Gasteiger charge is 2.47. The summed E-state index contributed by atoms with van der Waals surface area (Å²) in [6.45, 7) is 5.05. The van der Waals surface area contributed by atoms with Crippen molar-refractivity contribution in [2.45, 2.75) is 51.0 Å². The molecule has 1 atom stereocenters. The van der Waals surface area contributed by atoms with Crippen LogP contribution in [0.25, 0.3) is 21.9 Å². The SMILES string of the molecule is CCOC(=O)Cc1c(C)cccc1OC1CC2(CCN(S(C)(=O)=O)CC2)c2ccc(-c3cccc4c(N)nccc34)cc21. The van der Waals surface area contributed by atoms with E-state index < -0.39 is 10.0 Å². The molecule has 2 aliphatic rings. The number of piperidine rings is 1. The van der Waals surface area contributed by atoms with E-state index in [4.69, 9.17) is 15.2 Å². The van der Waals surface area contributed by atoms with Crippen molar-refractivity contribution < 1.29 is 22.7 Å². The Balaban J connectivity index is 1.43. The number of hydrogen-bond donors (Lipinski definition) is 1. The topological polar surface area (TPSA) is 112 Å². The van der Waals surface area contributed by atoms with Crippen LogP contribution in [-0.2, 0) is 31.4 Å². The van der Waals surface area contributed by atoms with E-state index in [-0.39, 0.29) is 23.9 Å². The maximum atomic E-state index is 12.5. The molecule has 1 aliphatic carbocycles. The predicted molar refractivity (Wildman–Crippen MR) is 168 cm³/mol. The molecular weight excluding hydrogens is 562 g/mol. The smallest absolute Gasteiger partial charge is 0.310 e. The highest BCUT2D eigenvalue weighted by Crippen LogP contribution is 2.53. The second kappa shape index (κ2) is 11.3. The normalized spacial score (nSPS) is 18.1. The molecule has 0 saturated carbocycles. The fourth-order valence-corrected chi connectivity index (χ4v) is 7.73. The van der Waals surface area contributed by atoms with Crippen LogP contribution >= 0.6 is 0 Å². The highest BCUT2D eigenvalue weighted by molar-refractivity contribution is 7.88. The molecule has 1 fully saturated rings. The zero-order valence-electron chi connectivity index (χ0n) is 24.8. The number of fused-ring (bicyclic) bond motifs is 3. The summed E-state index contributed by atoms with van der Waals surface area (Å²) in [6, 6.07) is 20.4. The number of rotatable bonds is 7. The number of pyridine rings is 1. The lowest BCUT2D eigenvalue weighted by molar-refractivity contribution is -0.142. The molecule has 1 spiro atoms. The van der Waals surface area contributed by atoms with Crippen LogP contribution in [0.3, 0.4) is 0 Å². The van der Waals surface area contributed by atoms with Gasteiger partial charge in [0, 0.05) is 35.7 Å². The minimum absolute atomic E-state index is 0.134. The molecule has 2 N–H and O–H groups in total. The molecule has 1 aromatic heterocycles. The van der Waals surface area contributed by atoms with Gasteiger partial charge in [0.2, 0.25) is 10.0 Å². The third-order valence-electron chi connectivity index (χ3n) is 9.11. The zero-order valence-corrected chi connectivity index (χ0v) is 25.6. The molecule has 2 heterocycles. The van der Waals surface area contributed by atoms with Gasteiger partial charge in [-0.2, -0.15) is 0 Å². The van der Waals surface area contributed by atoms with Crippen molar-refractivity contribution >= 4 is 32.6 Å². The first-order valence-electron chi connectivity index (χ1n) is 14.7. The summed E-state index contributed by atoms with van der Waals surface area (Å²) < 4.78 is 38.3. The van der Waals surface area contributed by atoms with E-state index in [9.17, 15) is 13.2 Å². The summed E-state index contributed by atoms with van der Waals surface area (Å²) in [6.07, 6.45) is 5.02. The van der Waals surface area contributed by atoms with Crippen molar-refractivity contribution in [1.29, 1.82) is 0 Å². The van der Waals surface area contributed by atoms with E-state index in [1.165, 1.54) is 11.8 Å². The van der Waals surface area contributed by atoms with Gasteiger partial charge < -0.3 is 15.2 Å². The third-order valence-corrected chi connectivity index (χ3v) is 10.4. The average Bonchev–Trinajstić information content (AvgIpc) is 3.26. The van der Waals surface area contributed by atoms with E-state index in [1.807, 2.05) is 43.3 Å². The van der Waals surface area contributed by atoms with E-state index in [2.05, 4.69) is 29.2 Å². The van der Waals surface area contributed by atoms with E-state index in [0.717, 1.165) is 45.0 Å². The molecule has 1 unspecified atom stereocenters. The Labute approximate surface area is 252 Å². The van der Waals surface area contributed by atoms with Crippen molar-refractivity contribution in [2.24, 2.45) is 0 Å². The van der Waals surface area contributed by atoms with Crippen LogP contribution in [-0.4, -0.2) is 49.6 Å². The molecule has 0 radical (unpaired) electrons. The van der Waals surface area contributed by atoms with Gasteiger partial charge >= 0.3 is 5.97 Å². The van der Waals surface area contributed by atoms with Crippen molar-refractivity contribution in [3.63, 3.8) is 0 Å². The second-order valence-electron chi connectivity index (χ2n) is 11.7. The summed E-state index contributed by atoms with van der Waals surface area (Å²) in [4.78, 5) is 16.8. The molecule has 6 rings (SSSR count). The van der Waals surface area contributed by atoms with Gasteiger partial charge in [0.25, 0.3) is 0 Å². The summed E-state index contributed by atoms with van der Waals surface area (Å²) in [5.41, 5.74) is 12.2. The number of hydrogen-bond acceptors (Lipinski definition) is 7. The fourth-order valence-electron chi connectivity index (χ4n) is 6.88. The number of ether oxygens (including phenoxy) is 2. The minimum atomic E-state index is -3.26. The van der Waals surface area contributed by atoms with Crippen molar-refractivity contribution in [3.8, 4) is 16.9 Å². The van der Waals surface area contributed by atoms with Gasteiger partial charge in [-0.15, -0.1) is 0 Å². The van der Waals surface area contributed by atoms with Crippen molar-refractivity contribution in [2.75, 3.05) is 31.7 Å². The van der Waals surface area contributed by atoms with E-state index in [1.54, 1.807) is 17.4 Å². The first kappa shape index (κ1) is 29.1. The number of nitrogen functional groups attached to an aromatic ring is 1. The molecule has 4 aromatic rings. The molecule has 1 saturated heterocycles. The van der Waals surface area contributed by atoms with Crippen LogP contribution in [0, 0.1) is 6.92 Å². The molecule has 43 heavy (non-hydrogen) atoms. The Morgan fingerprint density at radius 3 is 2.58 bits per heavy atom. The van der Waals surface area contributed by atoms with Crippen LogP contribution in [0.4, 0.5) is 5.82 Å². The van der Waals surface area contributed by atoms with Gasteiger partial charge in [0.15, 0.2) is 0 Å². The van der Waals surface area contributed by atoms with Crippen LogP contribution in [0.15, 0.2) is 66.9 Å². The van der Waals surface area contributed by atoms with Gasteiger partial charge in [0.05, 0.1) is 19.3 Å². The van der Waals surface area contributed by atoms with Crippen LogP contribution < -0.4 is 10.5 Å². The number of aryl methyl sites for hydroxylation is 1. The predicted octanol–water partition coefficient (Wildman–Crippen LogP) is 5.72. The maximum absolute atomic E-state index is 12.5. The first-order chi connectivity index (χ1) is 20.6. The minimum Gasteiger partial charge on any atom is -0.485 e. The van der Waals surface area contributed by atoms with Crippen molar-refractivity contribution in [3.05, 3.63) is 89.1 Å². The molecule has 0 amide bonds. The third kappa shape index (κ3) is 5.47. The Morgan fingerprint density at radius 2 is 1.84 bits per heavy atom. The lowest BCUT2D eigenvalue weighted by atomic mass is 9.74. The molecule has 9 heteroatoms. The number of anilines is 1. The van der Waals surface area contributed by atoms with Crippen LogP contribution in [0.5, 0.6) is 5.75 Å². The van der Waals surface area contributed by atoms with Gasteiger partial charge in [0.1, 0.15) is 17.7 Å². The van der Waals surface area contributed by atoms with E-state index >= 15 is 0 Å². The number of nitrogens with zero attached hydrogens (tertiary/aromatic N) is 2. The number of esters is 1. The number of sulfonamides is 1. The average molecular weight is 600 g/mol. The lowest BCUT2D eigenvalue weighted by Gasteiger charge is -2.39. The summed E-state index contributed by atoms with van der Waals surface area (Å²) in [5.74, 6) is 0.876. The fraction of sp³-hybridized carbons (Fsp3) is 0.353. The highest BCUT2D eigenvalue weighted by atomic mass is 32.2. The molecule has 224 valence electrons. The number of nitrogens with two attached hydrogens (primary N) is 1. The molecule has 8 nitrogen and oxygen atoms in total. The second-order valence-corrected chi connectivity index (χ2v) is 13.7. The van der Waals surface area contributed by atoms with Crippen LogP contribution in [0.2, 0.25) is 0 Å². The lowest BCUT2D eigenvalue weighted by Crippen LogP contribution is -2.44. The Hall–Kier alpha value is -3.95. The van der Waals surface area contributed by atoms with Gasteiger partial charge in [-0.25, -0.2) is 17.7 Å². The van der Waals surface area contributed by atoms with Gasteiger partial charge in [-0.1, -0.05) is 42.5 Å². The molecule has 0 bridgehead atoms. The number of carbonyl (C=O) groups is 1. The number of carbonyl (C=O) groups excluding carboxylic acids is 1. The monoisotopic (exact) mass is 599 g/mol. The summed E-state index contributed by atoms with van der Waals surface area (Å²) >= 11 is 0. The maximum Gasteiger partial charge on any atom is 0.310 e.